The molecule has 0 bridgehead atoms. The van der Waals surface area contributed by atoms with Crippen LogP contribution in [0.3, 0.4) is 0 Å². The Kier molecular flexibility index (Phi) is 5.19. The van der Waals surface area contributed by atoms with E-state index >= 15 is 0 Å². The lowest BCUT2D eigenvalue weighted by atomic mass is 10.0. The highest BCUT2D eigenvalue weighted by Crippen LogP contribution is 2.34. The van der Waals surface area contributed by atoms with E-state index in [0.717, 1.165) is 24.9 Å². The molecule has 2 N–H and O–H groups in total. The van der Waals surface area contributed by atoms with Gasteiger partial charge in [0.25, 0.3) is 0 Å². The highest BCUT2D eigenvalue weighted by atomic mass is 32.2. The van der Waals surface area contributed by atoms with Gasteiger partial charge in [-0.05, 0) is 12.8 Å². The third kappa shape index (κ3) is 2.94. The molecule has 0 amide bonds. The molecule has 0 aromatic rings. The van der Waals surface area contributed by atoms with Gasteiger partial charge in [-0.15, -0.1) is 0 Å². The maximum atomic E-state index is 10.2. The van der Waals surface area contributed by atoms with E-state index in [9.17, 15) is 4.79 Å². The van der Waals surface area contributed by atoms with E-state index in [4.69, 9.17) is 0 Å². The van der Waals surface area contributed by atoms with Crippen LogP contribution in [0.2, 0.25) is 0 Å². The van der Waals surface area contributed by atoms with Crippen LogP contribution in [0.15, 0.2) is 12.4 Å². The molecule has 0 aliphatic carbocycles. The van der Waals surface area contributed by atoms with Gasteiger partial charge in [0.05, 0.1) is 17.9 Å². The number of unbranched alkanes of at least 4 members (excludes halogenated alkanes) is 2. The summed E-state index contributed by atoms with van der Waals surface area (Å²) >= 11 is 2.04. The number of nitrogens with one attached hydrogen (secondary N) is 2. The Morgan fingerprint density at radius 3 is 3.00 bits per heavy atom. The van der Waals surface area contributed by atoms with Crippen LogP contribution in [-0.2, 0) is 4.79 Å². The van der Waals surface area contributed by atoms with Gasteiger partial charge >= 0.3 is 0 Å². The predicted molar refractivity (Wildman–Crippen MR) is 70.5 cm³/mol. The van der Waals surface area contributed by atoms with Gasteiger partial charge in [0, 0.05) is 17.4 Å². The number of fused-ring (bicyclic) bond motifs is 1. The van der Waals surface area contributed by atoms with Gasteiger partial charge in [0.2, 0.25) is 0 Å². The number of carbonyl (C=O) groups is 1. The summed E-state index contributed by atoms with van der Waals surface area (Å²) in [5.41, 5.74) is 0. The molecule has 0 aromatic heterocycles. The van der Waals surface area contributed by atoms with Gasteiger partial charge in [-0.2, -0.15) is 11.8 Å². The molecule has 0 radical (unpaired) electrons. The van der Waals surface area contributed by atoms with Gasteiger partial charge in [-0.3, -0.25) is 0 Å². The van der Waals surface area contributed by atoms with Crippen molar-refractivity contribution in [2.75, 3.05) is 5.75 Å². The first-order valence-electron chi connectivity index (χ1n) is 5.58. The molecule has 3 nitrogen and oxygen atoms in total. The predicted octanol–water partition coefficient (Wildman–Crippen LogP) is 1.90. The smallest absolute Gasteiger partial charge is 0.119 e. The van der Waals surface area contributed by atoms with E-state index in [1.165, 1.54) is 12.2 Å². The van der Waals surface area contributed by atoms with Crippen molar-refractivity contribution in [2.45, 2.75) is 50.4 Å². The van der Waals surface area contributed by atoms with E-state index < -0.39 is 0 Å². The minimum Gasteiger partial charge on any atom is -0.367 e. The fourth-order valence-electron chi connectivity index (χ4n) is 2.32. The monoisotopic (exact) mass is 242 g/mol. The SMILES string of the molecule is C.C=C1NC2CSC(CCCCC=O)C2N1. The summed E-state index contributed by atoms with van der Waals surface area (Å²) in [6, 6.07) is 1.12. The third-order valence-electron chi connectivity index (χ3n) is 3.09. The highest BCUT2D eigenvalue weighted by molar-refractivity contribution is 8.00. The molecule has 4 heteroatoms. The zero-order chi connectivity index (χ0) is 10.7. The zero-order valence-corrected chi connectivity index (χ0v) is 9.69. The molecule has 2 saturated heterocycles. The van der Waals surface area contributed by atoms with Crippen molar-refractivity contribution in [3.8, 4) is 0 Å². The molecule has 0 aromatic carbocycles. The van der Waals surface area contributed by atoms with Crippen molar-refractivity contribution in [2.24, 2.45) is 0 Å². The molecule has 92 valence electrons. The van der Waals surface area contributed by atoms with E-state index in [1.807, 2.05) is 11.8 Å². The average Bonchev–Trinajstić information content (AvgIpc) is 2.73. The number of hydrogen-bond acceptors (Lipinski definition) is 4. The molecular formula is C12H22N2OS. The van der Waals surface area contributed by atoms with E-state index in [1.54, 1.807) is 0 Å². The number of carbonyl (C=O) groups excluding carboxylic acids is 1. The summed E-state index contributed by atoms with van der Waals surface area (Å²) in [7, 11) is 0. The van der Waals surface area contributed by atoms with Crippen molar-refractivity contribution in [3.63, 3.8) is 0 Å². The topological polar surface area (TPSA) is 41.1 Å². The molecule has 2 aliphatic heterocycles. The molecule has 0 saturated carbocycles. The lowest BCUT2D eigenvalue weighted by Crippen LogP contribution is -2.36. The third-order valence-corrected chi connectivity index (χ3v) is 4.59. The Morgan fingerprint density at radius 2 is 2.25 bits per heavy atom. The summed E-state index contributed by atoms with van der Waals surface area (Å²) in [4.78, 5) is 10.2. The van der Waals surface area contributed by atoms with E-state index in [0.29, 0.717) is 23.8 Å². The lowest BCUT2D eigenvalue weighted by Gasteiger charge is -2.16. The van der Waals surface area contributed by atoms with Crippen molar-refractivity contribution >= 4 is 18.0 Å². The first kappa shape index (κ1) is 13.4. The number of rotatable bonds is 5. The zero-order valence-electron chi connectivity index (χ0n) is 8.87. The lowest BCUT2D eigenvalue weighted by molar-refractivity contribution is -0.107. The molecule has 2 fully saturated rings. The Hall–Kier alpha value is -0.640. The number of hydrogen-bond donors (Lipinski definition) is 2. The van der Waals surface area contributed by atoms with Gasteiger partial charge in [0.1, 0.15) is 6.29 Å². The van der Waals surface area contributed by atoms with Crippen LogP contribution in [0.25, 0.3) is 0 Å². The summed E-state index contributed by atoms with van der Waals surface area (Å²) in [5, 5.41) is 7.46. The van der Waals surface area contributed by atoms with Crippen LogP contribution in [0, 0.1) is 0 Å². The minimum atomic E-state index is 0. The van der Waals surface area contributed by atoms with Crippen molar-refractivity contribution < 1.29 is 4.79 Å². The van der Waals surface area contributed by atoms with Crippen LogP contribution < -0.4 is 10.6 Å². The van der Waals surface area contributed by atoms with Crippen molar-refractivity contribution in [1.29, 1.82) is 0 Å². The quantitative estimate of drug-likeness (QED) is 0.571. The first-order chi connectivity index (χ1) is 7.31. The van der Waals surface area contributed by atoms with Crippen molar-refractivity contribution in [3.05, 3.63) is 12.4 Å². The molecule has 0 spiro atoms. The second-order valence-electron chi connectivity index (χ2n) is 4.22. The Bertz CT molecular complexity index is 257. The second kappa shape index (κ2) is 6.18. The normalized spacial score (nSPS) is 31.2. The average molecular weight is 242 g/mol. The molecule has 2 rings (SSSR count). The van der Waals surface area contributed by atoms with Gasteiger partial charge in [-0.1, -0.05) is 20.4 Å². The Morgan fingerprint density at radius 1 is 1.44 bits per heavy atom. The largest absolute Gasteiger partial charge is 0.367 e. The summed E-state index contributed by atoms with van der Waals surface area (Å²) in [6.45, 7) is 3.90. The first-order valence-corrected chi connectivity index (χ1v) is 6.63. The maximum Gasteiger partial charge on any atom is 0.119 e. The van der Waals surface area contributed by atoms with E-state index in [2.05, 4.69) is 17.2 Å². The van der Waals surface area contributed by atoms with Gasteiger partial charge < -0.3 is 15.4 Å². The number of aldehydes is 1. The molecule has 3 atom stereocenters. The molecular weight excluding hydrogens is 220 g/mol. The van der Waals surface area contributed by atoms with Crippen molar-refractivity contribution in [1.82, 2.24) is 10.6 Å². The van der Waals surface area contributed by atoms with Crippen LogP contribution in [0.4, 0.5) is 0 Å². The summed E-state index contributed by atoms with van der Waals surface area (Å²) in [5.74, 6) is 2.15. The van der Waals surface area contributed by atoms with Gasteiger partial charge in [0.15, 0.2) is 0 Å². The van der Waals surface area contributed by atoms with Gasteiger partial charge in [-0.25, -0.2) is 0 Å². The molecule has 3 unspecified atom stereocenters. The van der Waals surface area contributed by atoms with E-state index in [-0.39, 0.29) is 7.43 Å². The molecule has 2 aliphatic rings. The molecule has 16 heavy (non-hydrogen) atoms. The highest BCUT2D eigenvalue weighted by Gasteiger charge is 2.40. The maximum absolute atomic E-state index is 10.2. The minimum absolute atomic E-state index is 0. The standard InChI is InChI=1S/C11H18N2OS.CH4/c1-8-12-9-7-15-10(11(9)13-8)5-3-2-4-6-14;/h6,9-13H,1-5,7H2;1H4. The fourth-order valence-corrected chi connectivity index (χ4v) is 3.87. The Labute approximate surface area is 102 Å². The van der Waals surface area contributed by atoms with Crippen LogP contribution >= 0.6 is 11.8 Å². The Balaban J connectivity index is 0.00000128. The summed E-state index contributed by atoms with van der Waals surface area (Å²) in [6.07, 6.45) is 5.13. The fraction of sp³-hybridized carbons (Fsp3) is 0.750. The second-order valence-corrected chi connectivity index (χ2v) is 5.49. The number of thioether (sulfide) groups is 1. The van der Waals surface area contributed by atoms with Crippen LogP contribution in [0.1, 0.15) is 33.1 Å². The van der Waals surface area contributed by atoms with Crippen LogP contribution in [-0.4, -0.2) is 29.4 Å². The molecule has 2 heterocycles. The summed E-state index contributed by atoms with van der Waals surface area (Å²) < 4.78 is 0. The van der Waals surface area contributed by atoms with Crippen LogP contribution in [0.5, 0.6) is 0 Å².